The Balaban J connectivity index is 0.00000200. The van der Waals surface area contributed by atoms with Crippen molar-refractivity contribution in [2.45, 2.75) is 31.7 Å². The summed E-state index contributed by atoms with van der Waals surface area (Å²) in [5.74, 6) is 0. The van der Waals surface area contributed by atoms with E-state index in [0.717, 1.165) is 5.56 Å². The number of amides is 1. The van der Waals surface area contributed by atoms with Crippen molar-refractivity contribution < 1.29 is 13.9 Å². The van der Waals surface area contributed by atoms with Crippen LogP contribution in [0.3, 0.4) is 0 Å². The maximum atomic E-state index is 13.8. The minimum absolute atomic E-state index is 0. The van der Waals surface area contributed by atoms with E-state index < -0.39 is 17.8 Å². The zero-order valence-electron chi connectivity index (χ0n) is 11.4. The van der Waals surface area contributed by atoms with Crippen molar-refractivity contribution in [2.24, 2.45) is 5.73 Å². The molecule has 0 radical (unpaired) electrons. The van der Waals surface area contributed by atoms with E-state index in [1.807, 2.05) is 30.3 Å². The summed E-state index contributed by atoms with van der Waals surface area (Å²) in [7, 11) is 0. The molecule has 1 saturated heterocycles. The van der Waals surface area contributed by atoms with Gasteiger partial charge in [0.2, 0.25) is 0 Å². The lowest BCUT2D eigenvalue weighted by atomic mass is 9.89. The van der Waals surface area contributed by atoms with Gasteiger partial charge in [-0.2, -0.15) is 0 Å². The summed E-state index contributed by atoms with van der Waals surface area (Å²) in [5.41, 5.74) is 5.85. The van der Waals surface area contributed by atoms with Crippen LogP contribution >= 0.6 is 12.4 Å². The SMILES string of the molecule is CC1(N)CCN(C(=O)OCc2ccccc2)CC1F.Cl. The molecule has 0 aliphatic carbocycles. The van der Waals surface area contributed by atoms with Crippen LogP contribution in [0.4, 0.5) is 9.18 Å². The number of ether oxygens (including phenoxy) is 1. The summed E-state index contributed by atoms with van der Waals surface area (Å²) in [5, 5.41) is 0. The molecule has 112 valence electrons. The number of alkyl halides is 1. The highest BCUT2D eigenvalue weighted by Gasteiger charge is 2.38. The van der Waals surface area contributed by atoms with E-state index in [1.165, 1.54) is 4.90 Å². The summed E-state index contributed by atoms with van der Waals surface area (Å²) in [4.78, 5) is 13.2. The van der Waals surface area contributed by atoms with Crippen LogP contribution in [-0.4, -0.2) is 35.8 Å². The van der Waals surface area contributed by atoms with Crippen molar-refractivity contribution in [1.29, 1.82) is 0 Å². The first-order chi connectivity index (χ1) is 8.99. The van der Waals surface area contributed by atoms with Crippen LogP contribution in [0.1, 0.15) is 18.9 Å². The molecule has 1 aromatic rings. The number of nitrogens with zero attached hydrogens (tertiary/aromatic N) is 1. The third-order valence-electron chi connectivity index (χ3n) is 3.48. The van der Waals surface area contributed by atoms with Crippen LogP contribution in [0, 0.1) is 0 Å². The molecule has 0 saturated carbocycles. The lowest BCUT2D eigenvalue weighted by molar-refractivity contribution is 0.0461. The van der Waals surface area contributed by atoms with Crippen LogP contribution in [0.25, 0.3) is 0 Å². The predicted octanol–water partition coefficient (Wildman–Crippen LogP) is 2.51. The first kappa shape index (κ1) is 16.7. The smallest absolute Gasteiger partial charge is 0.410 e. The quantitative estimate of drug-likeness (QED) is 0.913. The molecular formula is C14H20ClFN2O2. The Morgan fingerprint density at radius 3 is 2.75 bits per heavy atom. The molecule has 1 fully saturated rings. The lowest BCUT2D eigenvalue weighted by Gasteiger charge is -2.38. The summed E-state index contributed by atoms with van der Waals surface area (Å²) in [6, 6.07) is 9.39. The fourth-order valence-electron chi connectivity index (χ4n) is 2.00. The highest BCUT2D eigenvalue weighted by atomic mass is 35.5. The number of benzene rings is 1. The Morgan fingerprint density at radius 1 is 1.50 bits per heavy atom. The van der Waals surface area contributed by atoms with Gasteiger partial charge < -0.3 is 15.4 Å². The molecule has 2 N–H and O–H groups in total. The number of rotatable bonds is 2. The molecule has 0 bridgehead atoms. The van der Waals surface area contributed by atoms with Crippen molar-refractivity contribution in [2.75, 3.05) is 13.1 Å². The average molecular weight is 303 g/mol. The number of hydrogen-bond donors (Lipinski definition) is 1. The predicted molar refractivity (Wildman–Crippen MR) is 77.6 cm³/mol. The fraction of sp³-hybridized carbons (Fsp3) is 0.500. The van der Waals surface area contributed by atoms with Gasteiger partial charge in [0.05, 0.1) is 6.54 Å². The van der Waals surface area contributed by atoms with Crippen LogP contribution in [0.5, 0.6) is 0 Å². The van der Waals surface area contributed by atoms with Crippen LogP contribution < -0.4 is 5.73 Å². The highest BCUT2D eigenvalue weighted by Crippen LogP contribution is 2.22. The standard InChI is InChI=1S/C14H19FN2O2.ClH/c1-14(16)7-8-17(9-12(14)15)13(18)19-10-11-5-3-2-4-6-11;/h2-6,12H,7-10,16H2,1H3;1H. The third kappa shape index (κ3) is 4.08. The van der Waals surface area contributed by atoms with Gasteiger partial charge in [0, 0.05) is 12.1 Å². The molecule has 1 aliphatic heterocycles. The molecule has 0 spiro atoms. The molecule has 1 aromatic carbocycles. The average Bonchev–Trinajstić information content (AvgIpc) is 2.40. The number of piperidine rings is 1. The van der Waals surface area contributed by atoms with Crippen molar-refractivity contribution in [3.63, 3.8) is 0 Å². The summed E-state index contributed by atoms with van der Waals surface area (Å²) in [6.07, 6.45) is -1.26. The Labute approximate surface area is 124 Å². The Kier molecular flexibility index (Phi) is 5.77. The first-order valence-corrected chi connectivity index (χ1v) is 6.37. The zero-order chi connectivity index (χ0) is 13.9. The van der Waals surface area contributed by atoms with Gasteiger partial charge in [0.15, 0.2) is 0 Å². The van der Waals surface area contributed by atoms with Crippen molar-refractivity contribution in [1.82, 2.24) is 4.90 Å². The summed E-state index contributed by atoms with van der Waals surface area (Å²) < 4.78 is 18.9. The molecule has 0 aromatic heterocycles. The Hall–Kier alpha value is -1.33. The highest BCUT2D eigenvalue weighted by molar-refractivity contribution is 5.85. The van der Waals surface area contributed by atoms with Gasteiger partial charge in [0.25, 0.3) is 0 Å². The molecule has 20 heavy (non-hydrogen) atoms. The molecule has 1 heterocycles. The van der Waals surface area contributed by atoms with Crippen LogP contribution in [-0.2, 0) is 11.3 Å². The van der Waals surface area contributed by atoms with E-state index in [1.54, 1.807) is 6.92 Å². The number of halogens is 2. The molecule has 6 heteroatoms. The van der Waals surface area contributed by atoms with Gasteiger partial charge in [-0.05, 0) is 18.9 Å². The first-order valence-electron chi connectivity index (χ1n) is 6.37. The van der Waals surface area contributed by atoms with E-state index >= 15 is 0 Å². The van der Waals surface area contributed by atoms with Crippen molar-refractivity contribution in [3.8, 4) is 0 Å². The minimum atomic E-state index is -1.22. The normalized spacial score (nSPS) is 25.8. The van der Waals surface area contributed by atoms with E-state index in [-0.39, 0.29) is 25.6 Å². The number of carbonyl (C=O) groups excluding carboxylic acids is 1. The van der Waals surface area contributed by atoms with E-state index in [4.69, 9.17) is 10.5 Å². The second-order valence-electron chi connectivity index (χ2n) is 5.21. The molecular weight excluding hydrogens is 283 g/mol. The Morgan fingerprint density at radius 2 is 2.15 bits per heavy atom. The second-order valence-corrected chi connectivity index (χ2v) is 5.21. The minimum Gasteiger partial charge on any atom is -0.445 e. The molecule has 4 nitrogen and oxygen atoms in total. The molecule has 1 amide bonds. The van der Waals surface area contributed by atoms with Crippen molar-refractivity contribution >= 4 is 18.5 Å². The molecule has 1 aliphatic rings. The lowest BCUT2D eigenvalue weighted by Crippen LogP contribution is -2.58. The van der Waals surface area contributed by atoms with Crippen molar-refractivity contribution in [3.05, 3.63) is 35.9 Å². The van der Waals surface area contributed by atoms with Gasteiger partial charge in [0.1, 0.15) is 12.8 Å². The third-order valence-corrected chi connectivity index (χ3v) is 3.48. The molecule has 2 unspecified atom stereocenters. The van der Waals surface area contributed by atoms with Gasteiger partial charge in [-0.3, -0.25) is 0 Å². The van der Waals surface area contributed by atoms with E-state index in [9.17, 15) is 9.18 Å². The van der Waals surface area contributed by atoms with Gasteiger partial charge >= 0.3 is 6.09 Å². The second kappa shape index (κ2) is 6.90. The maximum Gasteiger partial charge on any atom is 0.410 e. The van der Waals surface area contributed by atoms with Gasteiger partial charge in [-0.1, -0.05) is 30.3 Å². The van der Waals surface area contributed by atoms with E-state index in [2.05, 4.69) is 0 Å². The summed E-state index contributed by atoms with van der Waals surface area (Å²) in [6.45, 7) is 2.30. The fourth-order valence-corrected chi connectivity index (χ4v) is 2.00. The largest absolute Gasteiger partial charge is 0.445 e. The van der Waals surface area contributed by atoms with Gasteiger partial charge in [-0.15, -0.1) is 12.4 Å². The number of carbonyl (C=O) groups is 1. The van der Waals surface area contributed by atoms with Crippen LogP contribution in [0.2, 0.25) is 0 Å². The van der Waals surface area contributed by atoms with Gasteiger partial charge in [-0.25, -0.2) is 9.18 Å². The number of nitrogens with two attached hydrogens (primary N) is 1. The summed E-state index contributed by atoms with van der Waals surface area (Å²) >= 11 is 0. The van der Waals surface area contributed by atoms with Crippen LogP contribution in [0.15, 0.2) is 30.3 Å². The Bertz CT molecular complexity index is 442. The number of likely N-dealkylation sites (tertiary alicyclic amines) is 1. The van der Waals surface area contributed by atoms with E-state index in [0.29, 0.717) is 13.0 Å². The molecule has 2 rings (SSSR count). The topological polar surface area (TPSA) is 55.6 Å². The monoisotopic (exact) mass is 302 g/mol. The maximum absolute atomic E-state index is 13.8. The molecule has 2 atom stereocenters. The zero-order valence-corrected chi connectivity index (χ0v) is 12.2. The number of hydrogen-bond acceptors (Lipinski definition) is 3.